The van der Waals surface area contributed by atoms with Crippen molar-refractivity contribution < 1.29 is 8.42 Å². The van der Waals surface area contributed by atoms with Gasteiger partial charge in [0.05, 0.1) is 11.9 Å². The van der Waals surface area contributed by atoms with Crippen LogP contribution in [0.15, 0.2) is 42.5 Å². The normalized spacial score (nSPS) is 10.6. The zero-order valence-corrected chi connectivity index (χ0v) is 15.0. The molecule has 0 aromatic heterocycles. The summed E-state index contributed by atoms with van der Waals surface area (Å²) in [5.74, 6) is 0. The average molecular weight is 319 g/mol. The highest BCUT2D eigenvalue weighted by Gasteiger charge is 2.11. The zero-order valence-electron chi connectivity index (χ0n) is 14.2. The van der Waals surface area contributed by atoms with Gasteiger partial charge in [-0.15, -0.1) is 0 Å². The Bertz CT molecular complexity index is 699. The van der Waals surface area contributed by atoms with E-state index in [1.165, 1.54) is 21.7 Å². The van der Waals surface area contributed by atoms with E-state index in [1.54, 1.807) is 7.05 Å². The van der Waals surface area contributed by atoms with Crippen molar-refractivity contribution in [3.8, 4) is 0 Å². The molecule has 0 aliphatic heterocycles. The molecule has 3 nitrogen and oxygen atoms in total. The molecule has 4 heteroatoms. The highest BCUT2D eigenvalue weighted by atomic mass is 32.2. The Morgan fingerprint density at radius 3 is 1.50 bits per heavy atom. The molecule has 0 saturated carbocycles. The summed E-state index contributed by atoms with van der Waals surface area (Å²) >= 11 is 0. The lowest BCUT2D eigenvalue weighted by atomic mass is 10.1. The standard InChI is InChI=1S/C10H15NO2S.C8H10/c1-8-5-9(2)7-10(6-8)11(3)14(4,12)13;1-7-4-3-5-8(2)6-7/h5-7H,1-4H3;3-6H,1-2H3. The van der Waals surface area contributed by atoms with Crippen molar-refractivity contribution in [3.63, 3.8) is 0 Å². The van der Waals surface area contributed by atoms with E-state index in [9.17, 15) is 8.42 Å². The van der Waals surface area contributed by atoms with Crippen molar-refractivity contribution in [1.29, 1.82) is 0 Å². The smallest absolute Gasteiger partial charge is 0.231 e. The summed E-state index contributed by atoms with van der Waals surface area (Å²) in [5.41, 5.74) is 5.52. The van der Waals surface area contributed by atoms with Crippen LogP contribution in [0.4, 0.5) is 5.69 Å². The Morgan fingerprint density at radius 1 is 0.773 bits per heavy atom. The van der Waals surface area contributed by atoms with Crippen LogP contribution in [0.25, 0.3) is 0 Å². The van der Waals surface area contributed by atoms with E-state index in [4.69, 9.17) is 0 Å². The summed E-state index contributed by atoms with van der Waals surface area (Å²) < 4.78 is 23.8. The number of rotatable bonds is 2. The van der Waals surface area contributed by atoms with E-state index in [0.29, 0.717) is 5.69 Å². The third kappa shape index (κ3) is 5.90. The Kier molecular flexibility index (Phi) is 6.18. The Hall–Kier alpha value is -1.81. The van der Waals surface area contributed by atoms with Gasteiger partial charge >= 0.3 is 0 Å². The minimum atomic E-state index is -3.16. The largest absolute Gasteiger partial charge is 0.274 e. The van der Waals surface area contributed by atoms with E-state index < -0.39 is 10.0 Å². The second kappa shape index (κ2) is 7.45. The minimum absolute atomic E-state index is 0.713. The number of sulfonamides is 1. The predicted molar refractivity (Wildman–Crippen MR) is 95.1 cm³/mol. The fourth-order valence-corrected chi connectivity index (χ4v) is 2.62. The number of nitrogens with zero attached hydrogens (tertiary/aromatic N) is 1. The van der Waals surface area contributed by atoms with Crippen LogP contribution < -0.4 is 4.31 Å². The molecule has 0 heterocycles. The maximum Gasteiger partial charge on any atom is 0.231 e. The summed E-state index contributed by atoms with van der Waals surface area (Å²) in [6, 6.07) is 14.2. The molecule has 0 aliphatic rings. The molecule has 0 spiro atoms. The van der Waals surface area contributed by atoms with Gasteiger partial charge in [0, 0.05) is 7.05 Å². The molecule has 2 aromatic carbocycles. The van der Waals surface area contributed by atoms with Crippen molar-refractivity contribution in [2.45, 2.75) is 27.7 Å². The summed E-state index contributed by atoms with van der Waals surface area (Å²) in [6.45, 7) is 8.11. The first-order valence-corrected chi connectivity index (χ1v) is 9.00. The molecule has 0 unspecified atom stereocenters. The van der Waals surface area contributed by atoms with Crippen LogP contribution >= 0.6 is 0 Å². The fourth-order valence-electron chi connectivity index (χ4n) is 2.13. The molecule has 0 N–H and O–H groups in total. The number of benzene rings is 2. The van der Waals surface area contributed by atoms with Gasteiger partial charge in [-0.05, 0) is 51.0 Å². The summed E-state index contributed by atoms with van der Waals surface area (Å²) in [5, 5.41) is 0. The molecular weight excluding hydrogens is 294 g/mol. The molecule has 2 rings (SSSR count). The Morgan fingerprint density at radius 2 is 1.18 bits per heavy atom. The van der Waals surface area contributed by atoms with Gasteiger partial charge in [-0.3, -0.25) is 4.31 Å². The molecule has 0 saturated heterocycles. The molecule has 0 aliphatic carbocycles. The van der Waals surface area contributed by atoms with Crippen molar-refractivity contribution in [2.75, 3.05) is 17.6 Å². The molecule has 0 amide bonds. The molecule has 120 valence electrons. The third-order valence-corrected chi connectivity index (χ3v) is 4.45. The quantitative estimate of drug-likeness (QED) is 0.839. The van der Waals surface area contributed by atoms with Gasteiger partial charge < -0.3 is 0 Å². The lowest BCUT2D eigenvalue weighted by Gasteiger charge is -2.17. The molecule has 22 heavy (non-hydrogen) atoms. The highest BCUT2D eigenvalue weighted by molar-refractivity contribution is 7.92. The number of anilines is 1. The Balaban J connectivity index is 0.000000255. The van der Waals surface area contributed by atoms with Crippen molar-refractivity contribution in [3.05, 3.63) is 64.7 Å². The van der Waals surface area contributed by atoms with E-state index in [1.807, 2.05) is 32.0 Å². The van der Waals surface area contributed by atoms with Gasteiger partial charge in [-0.25, -0.2) is 8.42 Å². The summed E-state index contributed by atoms with van der Waals surface area (Å²) in [4.78, 5) is 0. The number of aryl methyl sites for hydroxylation is 4. The lowest BCUT2D eigenvalue weighted by Crippen LogP contribution is -2.24. The van der Waals surface area contributed by atoms with Crippen LogP contribution in [-0.4, -0.2) is 21.7 Å². The van der Waals surface area contributed by atoms with Gasteiger partial charge in [0.25, 0.3) is 0 Å². The van der Waals surface area contributed by atoms with Crippen molar-refractivity contribution in [2.24, 2.45) is 0 Å². The van der Waals surface area contributed by atoms with Gasteiger partial charge in [0.1, 0.15) is 0 Å². The number of hydrogen-bond acceptors (Lipinski definition) is 2. The first kappa shape index (κ1) is 18.2. The van der Waals surface area contributed by atoms with Crippen LogP contribution in [-0.2, 0) is 10.0 Å². The van der Waals surface area contributed by atoms with Crippen LogP contribution in [0.5, 0.6) is 0 Å². The topological polar surface area (TPSA) is 37.4 Å². The first-order chi connectivity index (χ1) is 10.1. The van der Waals surface area contributed by atoms with E-state index in [2.05, 4.69) is 38.1 Å². The van der Waals surface area contributed by atoms with Crippen LogP contribution in [0.2, 0.25) is 0 Å². The molecular formula is C18H25NO2S. The van der Waals surface area contributed by atoms with Crippen LogP contribution in [0.1, 0.15) is 22.3 Å². The second-order valence-corrected chi connectivity index (χ2v) is 7.75. The van der Waals surface area contributed by atoms with Crippen LogP contribution in [0, 0.1) is 27.7 Å². The lowest BCUT2D eigenvalue weighted by molar-refractivity contribution is 0.600. The van der Waals surface area contributed by atoms with Crippen LogP contribution in [0.3, 0.4) is 0 Å². The maximum absolute atomic E-state index is 11.3. The monoisotopic (exact) mass is 319 g/mol. The predicted octanol–water partition coefficient (Wildman–Crippen LogP) is 4.00. The van der Waals surface area contributed by atoms with Gasteiger partial charge in [0.2, 0.25) is 10.0 Å². The van der Waals surface area contributed by atoms with E-state index >= 15 is 0 Å². The fraction of sp³-hybridized carbons (Fsp3) is 0.333. The first-order valence-electron chi connectivity index (χ1n) is 7.15. The molecule has 0 fully saturated rings. The molecule has 0 radical (unpaired) electrons. The second-order valence-electron chi connectivity index (χ2n) is 5.73. The molecule has 2 aromatic rings. The third-order valence-electron chi connectivity index (χ3n) is 3.24. The van der Waals surface area contributed by atoms with Crippen molar-refractivity contribution in [1.82, 2.24) is 0 Å². The maximum atomic E-state index is 11.3. The van der Waals surface area contributed by atoms with Gasteiger partial charge in [-0.2, -0.15) is 0 Å². The minimum Gasteiger partial charge on any atom is -0.274 e. The summed E-state index contributed by atoms with van der Waals surface area (Å²) in [6.07, 6.45) is 1.20. The van der Waals surface area contributed by atoms with E-state index in [0.717, 1.165) is 11.1 Å². The molecule has 0 atom stereocenters. The zero-order chi connectivity index (χ0) is 16.9. The number of hydrogen-bond donors (Lipinski definition) is 0. The van der Waals surface area contributed by atoms with E-state index in [-0.39, 0.29) is 0 Å². The summed E-state index contributed by atoms with van der Waals surface area (Å²) in [7, 11) is -1.60. The SMILES string of the molecule is Cc1cc(C)cc(N(C)S(C)(=O)=O)c1.Cc1cccc(C)c1. The average Bonchev–Trinajstić information content (AvgIpc) is 2.36. The van der Waals surface area contributed by atoms with Gasteiger partial charge in [-0.1, -0.05) is 41.5 Å². The van der Waals surface area contributed by atoms with Crippen molar-refractivity contribution >= 4 is 15.7 Å². The Labute approximate surface area is 134 Å². The molecule has 0 bridgehead atoms. The van der Waals surface area contributed by atoms with Gasteiger partial charge in [0.15, 0.2) is 0 Å². The highest BCUT2D eigenvalue weighted by Crippen LogP contribution is 2.19.